The van der Waals surface area contributed by atoms with Gasteiger partial charge in [0, 0.05) is 29.7 Å². The molecule has 2 aliphatic rings. The number of anilines is 1. The number of hydrogen-bond donors (Lipinski definition) is 1. The molecule has 0 spiro atoms. The Kier molecular flexibility index (Phi) is 7.49. The van der Waals surface area contributed by atoms with E-state index in [0.29, 0.717) is 19.8 Å². The molecule has 1 saturated carbocycles. The summed E-state index contributed by atoms with van der Waals surface area (Å²) in [7, 11) is 0. The number of nitrogens with one attached hydrogen (secondary N) is 1. The molecule has 0 radical (unpaired) electrons. The number of thiophene rings is 1. The van der Waals surface area contributed by atoms with Gasteiger partial charge in [-0.05, 0) is 54.1 Å². The van der Waals surface area contributed by atoms with E-state index in [9.17, 15) is 9.59 Å². The van der Waals surface area contributed by atoms with E-state index in [1.807, 2.05) is 41.8 Å². The Morgan fingerprint density at radius 2 is 1.83 bits per heavy atom. The van der Waals surface area contributed by atoms with Crippen LogP contribution in [0.1, 0.15) is 52.7 Å². The fourth-order valence-electron chi connectivity index (χ4n) is 4.90. The Balaban J connectivity index is 1.48. The number of rotatable bonds is 8. The van der Waals surface area contributed by atoms with Gasteiger partial charge >= 0.3 is 0 Å². The van der Waals surface area contributed by atoms with Crippen molar-refractivity contribution >= 4 is 28.8 Å². The second-order valence-corrected chi connectivity index (χ2v) is 10.1. The molecule has 1 atom stereocenters. The molecular formula is C27H31N3O4S. The van der Waals surface area contributed by atoms with Gasteiger partial charge in [0.05, 0.1) is 26.0 Å². The molecule has 8 heteroatoms. The molecule has 1 saturated heterocycles. The minimum Gasteiger partial charge on any atom is -0.459 e. The lowest BCUT2D eigenvalue weighted by atomic mass is 10.0. The Labute approximate surface area is 209 Å². The van der Waals surface area contributed by atoms with Crippen molar-refractivity contribution in [3.63, 3.8) is 0 Å². The third kappa shape index (κ3) is 5.60. The first kappa shape index (κ1) is 23.6. The molecule has 1 N–H and O–H groups in total. The van der Waals surface area contributed by atoms with Crippen LogP contribution in [-0.4, -0.2) is 49.1 Å². The molecule has 3 aromatic rings. The summed E-state index contributed by atoms with van der Waals surface area (Å²) in [6.45, 7) is 3.42. The Bertz CT molecular complexity index is 1090. The number of carbonyl (C=O) groups is 2. The predicted molar refractivity (Wildman–Crippen MR) is 136 cm³/mol. The lowest BCUT2D eigenvalue weighted by molar-refractivity contribution is -0.126. The number of ether oxygens (including phenoxy) is 1. The smallest absolute Gasteiger partial charge is 0.290 e. The van der Waals surface area contributed by atoms with Crippen molar-refractivity contribution in [1.29, 1.82) is 0 Å². The Morgan fingerprint density at radius 1 is 1.06 bits per heavy atom. The van der Waals surface area contributed by atoms with E-state index in [2.05, 4.69) is 10.2 Å². The summed E-state index contributed by atoms with van der Waals surface area (Å²) in [5.74, 6) is -0.218. The van der Waals surface area contributed by atoms with Crippen LogP contribution in [0.25, 0.3) is 0 Å². The third-order valence-corrected chi connectivity index (χ3v) is 7.61. The van der Waals surface area contributed by atoms with E-state index in [-0.39, 0.29) is 23.6 Å². The number of nitrogens with zero attached hydrogens (tertiary/aromatic N) is 2. The van der Waals surface area contributed by atoms with Crippen LogP contribution < -0.4 is 10.2 Å². The molecule has 2 amide bonds. The first-order valence-corrected chi connectivity index (χ1v) is 13.2. The van der Waals surface area contributed by atoms with Crippen molar-refractivity contribution in [3.8, 4) is 0 Å². The van der Waals surface area contributed by atoms with Crippen LogP contribution in [0.2, 0.25) is 0 Å². The van der Waals surface area contributed by atoms with Gasteiger partial charge in [-0.1, -0.05) is 31.0 Å². The van der Waals surface area contributed by atoms with E-state index in [1.165, 1.54) is 6.26 Å². The monoisotopic (exact) mass is 493 g/mol. The standard InChI is InChI=1S/C27H31N3O4S/c31-26(28-21-5-1-2-6-21)25(20-9-11-22(12-10-20)29-13-16-33-17-14-29)30(19-23-7-4-18-35-23)27(32)24-8-3-15-34-24/h3-4,7-12,15,18,21,25H,1-2,5-6,13-14,16-17,19H2,(H,28,31)/t25-/m1/s1. The molecule has 7 nitrogen and oxygen atoms in total. The van der Waals surface area contributed by atoms with Gasteiger partial charge in [-0.25, -0.2) is 0 Å². The largest absolute Gasteiger partial charge is 0.459 e. The first-order valence-electron chi connectivity index (χ1n) is 12.3. The molecule has 35 heavy (non-hydrogen) atoms. The average Bonchev–Trinajstić information content (AvgIpc) is 3.69. The van der Waals surface area contributed by atoms with Gasteiger partial charge in [-0.15, -0.1) is 11.3 Å². The molecule has 1 aliphatic heterocycles. The highest BCUT2D eigenvalue weighted by Gasteiger charge is 2.35. The SMILES string of the molecule is O=C(NC1CCCC1)[C@@H](c1ccc(N2CCOCC2)cc1)N(Cc1cccs1)C(=O)c1ccco1. The van der Waals surface area contributed by atoms with E-state index < -0.39 is 6.04 Å². The third-order valence-electron chi connectivity index (χ3n) is 6.75. The molecule has 2 aromatic heterocycles. The van der Waals surface area contributed by atoms with Crippen LogP contribution in [-0.2, 0) is 16.1 Å². The average molecular weight is 494 g/mol. The highest BCUT2D eigenvalue weighted by Crippen LogP contribution is 2.30. The zero-order valence-electron chi connectivity index (χ0n) is 19.7. The van der Waals surface area contributed by atoms with Gasteiger partial charge in [0.25, 0.3) is 5.91 Å². The quantitative estimate of drug-likeness (QED) is 0.496. The van der Waals surface area contributed by atoms with Gasteiger partial charge < -0.3 is 24.3 Å². The highest BCUT2D eigenvalue weighted by molar-refractivity contribution is 7.09. The van der Waals surface area contributed by atoms with Gasteiger partial charge in [0.15, 0.2) is 5.76 Å². The summed E-state index contributed by atoms with van der Waals surface area (Å²) in [5, 5.41) is 5.21. The lowest BCUT2D eigenvalue weighted by Crippen LogP contribution is -2.45. The van der Waals surface area contributed by atoms with Gasteiger partial charge in [-0.3, -0.25) is 9.59 Å². The van der Waals surface area contributed by atoms with Crippen LogP contribution in [0.5, 0.6) is 0 Å². The fraction of sp³-hybridized carbons (Fsp3) is 0.407. The van der Waals surface area contributed by atoms with E-state index >= 15 is 0 Å². The van der Waals surface area contributed by atoms with Gasteiger partial charge in [0.1, 0.15) is 6.04 Å². The Hall–Kier alpha value is -3.10. The van der Waals surface area contributed by atoms with E-state index in [4.69, 9.17) is 9.15 Å². The molecule has 184 valence electrons. The molecule has 1 aromatic carbocycles. The zero-order chi connectivity index (χ0) is 24.0. The number of furan rings is 1. The molecular weight excluding hydrogens is 462 g/mol. The number of carbonyl (C=O) groups excluding carboxylic acids is 2. The second kappa shape index (κ2) is 11.1. The van der Waals surface area contributed by atoms with Crippen LogP contribution in [0, 0.1) is 0 Å². The topological polar surface area (TPSA) is 75.0 Å². The number of hydrogen-bond acceptors (Lipinski definition) is 6. The van der Waals surface area contributed by atoms with Crippen molar-refractivity contribution < 1.29 is 18.7 Å². The Morgan fingerprint density at radius 3 is 2.49 bits per heavy atom. The maximum absolute atomic E-state index is 13.8. The molecule has 1 aliphatic carbocycles. The minimum absolute atomic E-state index is 0.146. The summed E-state index contributed by atoms with van der Waals surface area (Å²) < 4.78 is 10.9. The van der Waals surface area contributed by atoms with Crippen molar-refractivity contribution in [2.45, 2.75) is 44.3 Å². The van der Waals surface area contributed by atoms with Crippen molar-refractivity contribution in [2.75, 3.05) is 31.2 Å². The summed E-state index contributed by atoms with van der Waals surface area (Å²) in [5.41, 5.74) is 1.88. The van der Waals surface area contributed by atoms with Crippen molar-refractivity contribution in [1.82, 2.24) is 10.2 Å². The van der Waals surface area contributed by atoms with Crippen LogP contribution in [0.3, 0.4) is 0 Å². The lowest BCUT2D eigenvalue weighted by Gasteiger charge is -2.32. The highest BCUT2D eigenvalue weighted by atomic mass is 32.1. The molecule has 0 unspecified atom stereocenters. The number of morpholine rings is 1. The first-order chi connectivity index (χ1) is 17.2. The number of benzene rings is 1. The summed E-state index contributed by atoms with van der Waals surface area (Å²) in [6.07, 6.45) is 5.68. The maximum Gasteiger partial charge on any atom is 0.290 e. The zero-order valence-corrected chi connectivity index (χ0v) is 20.5. The van der Waals surface area contributed by atoms with Crippen LogP contribution in [0.4, 0.5) is 5.69 Å². The van der Waals surface area contributed by atoms with Crippen molar-refractivity contribution in [3.05, 3.63) is 76.4 Å². The van der Waals surface area contributed by atoms with E-state index in [0.717, 1.165) is 54.9 Å². The molecule has 3 heterocycles. The summed E-state index contributed by atoms with van der Waals surface area (Å²) >= 11 is 1.57. The fourth-order valence-corrected chi connectivity index (χ4v) is 5.61. The van der Waals surface area contributed by atoms with Gasteiger partial charge in [-0.2, -0.15) is 0 Å². The normalized spacial score (nSPS) is 17.3. The van der Waals surface area contributed by atoms with Crippen LogP contribution in [0.15, 0.2) is 64.6 Å². The molecule has 0 bridgehead atoms. The predicted octanol–water partition coefficient (Wildman–Crippen LogP) is 4.62. The van der Waals surface area contributed by atoms with Crippen LogP contribution >= 0.6 is 11.3 Å². The second-order valence-electron chi connectivity index (χ2n) is 9.07. The number of amides is 2. The maximum atomic E-state index is 13.8. The summed E-state index contributed by atoms with van der Waals surface area (Å²) in [6, 6.07) is 14.7. The summed E-state index contributed by atoms with van der Waals surface area (Å²) in [4.78, 5) is 32.3. The van der Waals surface area contributed by atoms with Gasteiger partial charge in [0.2, 0.25) is 5.91 Å². The van der Waals surface area contributed by atoms with E-state index in [1.54, 1.807) is 28.4 Å². The molecule has 2 fully saturated rings. The minimum atomic E-state index is -0.769. The molecule has 5 rings (SSSR count). The van der Waals surface area contributed by atoms with Crippen molar-refractivity contribution in [2.24, 2.45) is 0 Å².